The Bertz CT molecular complexity index is 867. The van der Waals surface area contributed by atoms with Crippen LogP contribution in [0.1, 0.15) is 54.1 Å². The molecule has 0 fully saturated rings. The van der Waals surface area contributed by atoms with Crippen molar-refractivity contribution in [2.75, 3.05) is 13.7 Å². The Hall–Kier alpha value is -3.03. The number of ether oxygens (including phenoxy) is 2. The monoisotopic (exact) mass is 422 g/mol. The molecule has 0 saturated heterocycles. The lowest BCUT2D eigenvalue weighted by molar-refractivity contribution is -0.137. The maximum atomic E-state index is 13.0. The molecule has 2 aromatic carbocycles. The molecule has 8 heteroatoms. The summed E-state index contributed by atoms with van der Waals surface area (Å²) in [5, 5.41) is 3.75. The molecule has 0 atom stereocenters. The summed E-state index contributed by atoms with van der Waals surface area (Å²) in [5.41, 5.74) is 1.21. The molecule has 0 heterocycles. The van der Waals surface area contributed by atoms with E-state index in [1.54, 1.807) is 18.2 Å². The van der Waals surface area contributed by atoms with Crippen LogP contribution in [-0.4, -0.2) is 25.8 Å². The highest BCUT2D eigenvalue weighted by atomic mass is 19.4. The Morgan fingerprint density at radius 1 is 1.10 bits per heavy atom. The van der Waals surface area contributed by atoms with E-state index in [0.717, 1.165) is 37.8 Å². The number of rotatable bonds is 10. The molecule has 162 valence electrons. The van der Waals surface area contributed by atoms with Gasteiger partial charge in [-0.05, 0) is 42.3 Å². The predicted octanol–water partition coefficient (Wildman–Crippen LogP) is 5.44. The molecule has 0 aliphatic carbocycles. The molecule has 0 spiro atoms. The minimum atomic E-state index is -4.63. The summed E-state index contributed by atoms with van der Waals surface area (Å²) in [6, 6.07) is 9.64. The Labute approximate surface area is 173 Å². The third-order valence-electron chi connectivity index (χ3n) is 4.30. The number of methoxy groups -OCH3 is 1. The number of hydrazone groups is 1. The van der Waals surface area contributed by atoms with Crippen molar-refractivity contribution in [3.05, 3.63) is 59.2 Å². The number of carbonyl (C=O) groups is 1. The Kier molecular flexibility index (Phi) is 8.70. The Balaban J connectivity index is 2.00. The average Bonchev–Trinajstić information content (AvgIpc) is 2.73. The molecular weight excluding hydrogens is 397 g/mol. The van der Waals surface area contributed by atoms with Gasteiger partial charge in [0.25, 0.3) is 5.91 Å². The van der Waals surface area contributed by atoms with Crippen molar-refractivity contribution in [3.8, 4) is 11.5 Å². The van der Waals surface area contributed by atoms with Gasteiger partial charge in [-0.15, -0.1) is 0 Å². The van der Waals surface area contributed by atoms with Crippen LogP contribution < -0.4 is 14.9 Å². The van der Waals surface area contributed by atoms with Crippen LogP contribution in [0.3, 0.4) is 0 Å². The van der Waals surface area contributed by atoms with Crippen LogP contribution in [0.15, 0.2) is 47.6 Å². The molecule has 1 N–H and O–H groups in total. The molecule has 0 bridgehead atoms. The van der Waals surface area contributed by atoms with Gasteiger partial charge >= 0.3 is 6.18 Å². The van der Waals surface area contributed by atoms with Crippen LogP contribution in [0.4, 0.5) is 13.2 Å². The first-order valence-corrected chi connectivity index (χ1v) is 9.67. The van der Waals surface area contributed by atoms with E-state index in [1.807, 2.05) is 0 Å². The van der Waals surface area contributed by atoms with Crippen molar-refractivity contribution in [1.29, 1.82) is 0 Å². The molecule has 5 nitrogen and oxygen atoms in total. The highest BCUT2D eigenvalue weighted by molar-refractivity contribution is 5.96. The second kappa shape index (κ2) is 11.2. The summed E-state index contributed by atoms with van der Waals surface area (Å²) in [4.78, 5) is 12.1. The number of hydrogen-bond donors (Lipinski definition) is 1. The predicted molar refractivity (Wildman–Crippen MR) is 109 cm³/mol. The first-order valence-electron chi connectivity index (χ1n) is 9.67. The fourth-order valence-electron chi connectivity index (χ4n) is 2.75. The first kappa shape index (κ1) is 23.3. The third kappa shape index (κ3) is 6.79. The van der Waals surface area contributed by atoms with Crippen LogP contribution in [0.2, 0.25) is 0 Å². The van der Waals surface area contributed by atoms with Crippen molar-refractivity contribution in [3.63, 3.8) is 0 Å². The number of unbranched alkanes of at least 4 members (excludes halogenated alkanes) is 3. The van der Waals surface area contributed by atoms with Gasteiger partial charge in [0.05, 0.1) is 31.1 Å². The number of nitrogens with zero attached hydrogens (tertiary/aromatic N) is 1. The summed E-state index contributed by atoms with van der Waals surface area (Å²) < 4.78 is 50.1. The van der Waals surface area contributed by atoms with Crippen molar-refractivity contribution in [2.24, 2.45) is 5.10 Å². The lowest BCUT2D eigenvalue weighted by atomic mass is 10.1. The molecular formula is C22H25F3N2O3. The standard InChI is InChI=1S/C22H25F3N2O3/c1-3-4-5-8-13-30-19-12-11-16(14-20(19)29-2)15-26-27-21(28)17-9-6-7-10-18(17)22(23,24)25/h6-7,9-12,14-15H,3-5,8,13H2,1-2H3,(H,27,28). The summed E-state index contributed by atoms with van der Waals surface area (Å²) in [6.45, 7) is 2.72. The Morgan fingerprint density at radius 2 is 1.87 bits per heavy atom. The van der Waals surface area contributed by atoms with Crippen molar-refractivity contribution in [2.45, 2.75) is 38.8 Å². The second-order valence-corrected chi connectivity index (χ2v) is 6.56. The highest BCUT2D eigenvalue weighted by Crippen LogP contribution is 2.32. The number of alkyl halides is 3. The molecule has 0 aromatic heterocycles. The maximum absolute atomic E-state index is 13.0. The van der Waals surface area contributed by atoms with Crippen LogP contribution in [0, 0.1) is 0 Å². The van der Waals surface area contributed by atoms with Crippen LogP contribution in [0.25, 0.3) is 0 Å². The molecule has 0 saturated carbocycles. The number of amides is 1. The molecule has 2 aromatic rings. The molecule has 1 amide bonds. The minimum Gasteiger partial charge on any atom is -0.493 e. The van der Waals surface area contributed by atoms with Gasteiger partial charge in [-0.25, -0.2) is 5.43 Å². The SMILES string of the molecule is CCCCCCOc1ccc(C=NNC(=O)c2ccccc2C(F)(F)F)cc1OC. The van der Waals surface area contributed by atoms with Crippen LogP contribution in [0.5, 0.6) is 11.5 Å². The van der Waals surface area contributed by atoms with Gasteiger partial charge < -0.3 is 9.47 Å². The number of benzene rings is 2. The molecule has 2 rings (SSSR count). The average molecular weight is 422 g/mol. The lowest BCUT2D eigenvalue weighted by Crippen LogP contribution is -2.22. The van der Waals surface area contributed by atoms with E-state index >= 15 is 0 Å². The van der Waals surface area contributed by atoms with Crippen molar-refractivity contribution >= 4 is 12.1 Å². The van der Waals surface area contributed by atoms with E-state index in [0.29, 0.717) is 23.7 Å². The first-order chi connectivity index (χ1) is 14.4. The zero-order valence-corrected chi connectivity index (χ0v) is 17.0. The molecule has 30 heavy (non-hydrogen) atoms. The van der Waals surface area contributed by atoms with Gasteiger partial charge in [0.15, 0.2) is 11.5 Å². The van der Waals surface area contributed by atoms with Gasteiger partial charge in [-0.1, -0.05) is 38.3 Å². The Morgan fingerprint density at radius 3 is 2.57 bits per heavy atom. The van der Waals surface area contributed by atoms with Gasteiger partial charge in [-0.2, -0.15) is 18.3 Å². The maximum Gasteiger partial charge on any atom is 0.417 e. The van der Waals surface area contributed by atoms with E-state index in [4.69, 9.17) is 9.47 Å². The van der Waals surface area contributed by atoms with E-state index in [1.165, 1.54) is 25.5 Å². The lowest BCUT2D eigenvalue weighted by Gasteiger charge is -2.11. The van der Waals surface area contributed by atoms with Crippen molar-refractivity contribution < 1.29 is 27.4 Å². The van der Waals surface area contributed by atoms with Crippen LogP contribution >= 0.6 is 0 Å². The van der Waals surface area contributed by atoms with Gasteiger partial charge in [-0.3, -0.25) is 4.79 Å². The summed E-state index contributed by atoms with van der Waals surface area (Å²) in [7, 11) is 1.51. The molecule has 0 aliphatic rings. The summed E-state index contributed by atoms with van der Waals surface area (Å²) in [6.07, 6.45) is 1.05. The van der Waals surface area contributed by atoms with E-state index in [2.05, 4.69) is 17.5 Å². The molecule has 0 radical (unpaired) electrons. The highest BCUT2D eigenvalue weighted by Gasteiger charge is 2.34. The van der Waals surface area contributed by atoms with E-state index < -0.39 is 23.2 Å². The number of hydrogen-bond acceptors (Lipinski definition) is 4. The normalized spacial score (nSPS) is 11.5. The topological polar surface area (TPSA) is 59.9 Å². The van der Waals surface area contributed by atoms with Crippen molar-refractivity contribution in [1.82, 2.24) is 5.43 Å². The van der Waals surface area contributed by atoms with E-state index in [-0.39, 0.29) is 0 Å². The van der Waals surface area contributed by atoms with Gasteiger partial charge in [0.2, 0.25) is 0 Å². The minimum absolute atomic E-state index is 0.494. The zero-order chi connectivity index (χ0) is 22.0. The summed E-state index contributed by atoms with van der Waals surface area (Å²) in [5.74, 6) is 0.149. The quantitative estimate of drug-likeness (QED) is 0.315. The summed E-state index contributed by atoms with van der Waals surface area (Å²) >= 11 is 0. The fourth-order valence-corrected chi connectivity index (χ4v) is 2.75. The van der Waals surface area contributed by atoms with Crippen LogP contribution in [-0.2, 0) is 6.18 Å². The van der Waals surface area contributed by atoms with Gasteiger partial charge in [0, 0.05) is 0 Å². The number of halogens is 3. The number of nitrogens with one attached hydrogen (secondary N) is 1. The smallest absolute Gasteiger partial charge is 0.417 e. The molecule has 0 aliphatic heterocycles. The second-order valence-electron chi connectivity index (χ2n) is 6.56. The van der Waals surface area contributed by atoms with E-state index in [9.17, 15) is 18.0 Å². The zero-order valence-electron chi connectivity index (χ0n) is 17.0. The third-order valence-corrected chi connectivity index (χ3v) is 4.30. The fraction of sp³-hybridized carbons (Fsp3) is 0.364. The largest absolute Gasteiger partial charge is 0.493 e. The van der Waals surface area contributed by atoms with Gasteiger partial charge in [0.1, 0.15) is 0 Å². The number of carbonyl (C=O) groups excluding carboxylic acids is 1. The molecule has 0 unspecified atom stereocenters.